The van der Waals surface area contributed by atoms with Gasteiger partial charge in [-0.15, -0.1) is 0 Å². The molecule has 0 aliphatic carbocycles. The average molecular weight is 676 g/mol. The number of halogens is 1. The summed E-state index contributed by atoms with van der Waals surface area (Å²) in [7, 11) is -1.52. The van der Waals surface area contributed by atoms with Gasteiger partial charge in [-0.2, -0.15) is 0 Å². The number of methoxy groups -OCH3 is 2. The number of hydrogen-bond acceptors (Lipinski definition) is 6. The van der Waals surface area contributed by atoms with Crippen LogP contribution in [-0.4, -0.2) is 58.0 Å². The highest BCUT2D eigenvalue weighted by molar-refractivity contribution is 7.92. The quantitative estimate of drug-likeness (QED) is 0.181. The number of anilines is 1. The fraction of sp³-hybridized carbons (Fsp3) is 0.297. The van der Waals surface area contributed by atoms with Crippen molar-refractivity contribution in [2.24, 2.45) is 0 Å². The van der Waals surface area contributed by atoms with Gasteiger partial charge < -0.3 is 19.7 Å². The Morgan fingerprint density at radius 3 is 2.02 bits per heavy atom. The molecule has 11 heteroatoms. The lowest BCUT2D eigenvalue weighted by Gasteiger charge is -2.34. The highest BCUT2D eigenvalue weighted by Crippen LogP contribution is 2.33. The summed E-state index contributed by atoms with van der Waals surface area (Å²) < 4.78 is 54.5. The minimum atomic E-state index is -4.38. The van der Waals surface area contributed by atoms with Crippen LogP contribution in [0, 0.1) is 19.7 Å². The Bertz CT molecular complexity index is 1810. The topological polar surface area (TPSA) is 105 Å². The number of nitrogens with zero attached hydrogens (tertiary/aromatic N) is 2. The van der Waals surface area contributed by atoms with E-state index in [1.54, 1.807) is 12.1 Å². The number of amides is 2. The number of carbonyl (C=O) groups is 2. The molecule has 254 valence electrons. The van der Waals surface area contributed by atoms with E-state index in [0.29, 0.717) is 11.3 Å². The number of sulfonamides is 1. The zero-order valence-electron chi connectivity index (χ0n) is 28.1. The van der Waals surface area contributed by atoms with Gasteiger partial charge in [0.1, 0.15) is 18.4 Å². The maximum Gasteiger partial charge on any atom is 0.264 e. The molecular weight excluding hydrogens is 633 g/mol. The number of aryl methyl sites for hydroxylation is 2. The van der Waals surface area contributed by atoms with Crippen LogP contribution in [0.25, 0.3) is 0 Å². The molecule has 4 rings (SSSR count). The van der Waals surface area contributed by atoms with Gasteiger partial charge in [-0.3, -0.25) is 13.9 Å². The number of ether oxygens (including phenoxy) is 2. The van der Waals surface area contributed by atoms with Crippen molar-refractivity contribution in [3.63, 3.8) is 0 Å². The van der Waals surface area contributed by atoms with Crippen molar-refractivity contribution < 1.29 is 31.9 Å². The maximum absolute atomic E-state index is 14.6. The molecule has 1 atom stereocenters. The molecule has 0 aliphatic heterocycles. The number of nitrogens with one attached hydrogen (secondary N) is 1. The van der Waals surface area contributed by atoms with E-state index in [9.17, 15) is 22.4 Å². The summed E-state index contributed by atoms with van der Waals surface area (Å²) in [6.07, 6.45) is 0.165. The lowest BCUT2D eigenvalue weighted by Crippen LogP contribution is -2.54. The number of rotatable bonds is 14. The van der Waals surface area contributed by atoms with Gasteiger partial charge in [0.15, 0.2) is 11.5 Å². The van der Waals surface area contributed by atoms with E-state index < -0.39 is 40.2 Å². The van der Waals surface area contributed by atoms with Crippen LogP contribution in [0.4, 0.5) is 10.1 Å². The van der Waals surface area contributed by atoms with Crippen LogP contribution in [0.1, 0.15) is 36.1 Å². The first-order valence-electron chi connectivity index (χ1n) is 15.5. The summed E-state index contributed by atoms with van der Waals surface area (Å²) >= 11 is 0. The van der Waals surface area contributed by atoms with E-state index in [-0.39, 0.29) is 35.3 Å². The highest BCUT2D eigenvalue weighted by atomic mass is 32.2. The normalized spacial score (nSPS) is 11.9. The molecule has 0 aliphatic rings. The highest BCUT2D eigenvalue weighted by Gasteiger charge is 2.35. The molecule has 0 heterocycles. The zero-order chi connectivity index (χ0) is 35.0. The Kier molecular flexibility index (Phi) is 11.8. The lowest BCUT2D eigenvalue weighted by molar-refractivity contribution is -0.140. The average Bonchev–Trinajstić information content (AvgIpc) is 3.05. The Hall–Kier alpha value is -4.90. The molecule has 48 heavy (non-hydrogen) atoms. The summed E-state index contributed by atoms with van der Waals surface area (Å²) in [5.41, 5.74) is 3.25. The van der Waals surface area contributed by atoms with Crippen LogP contribution in [0.2, 0.25) is 0 Å². The van der Waals surface area contributed by atoms with Crippen LogP contribution in [0.15, 0.2) is 95.9 Å². The Morgan fingerprint density at radius 2 is 1.44 bits per heavy atom. The second kappa shape index (κ2) is 15.8. The summed E-state index contributed by atoms with van der Waals surface area (Å²) in [5, 5.41) is 2.92. The molecule has 1 N–H and O–H groups in total. The van der Waals surface area contributed by atoms with Crippen molar-refractivity contribution in [1.29, 1.82) is 0 Å². The second-order valence-electron chi connectivity index (χ2n) is 11.9. The first-order chi connectivity index (χ1) is 22.8. The third-order valence-corrected chi connectivity index (χ3v) is 9.45. The summed E-state index contributed by atoms with van der Waals surface area (Å²) in [4.78, 5) is 29.7. The SMILES string of the molecule is COc1ccc(S(=O)(=O)N(CC(=O)N(Cc2ccc(F)cc2)C(Cc2ccccc2)C(=O)NC(C)C)c2cc(C)cc(C)c2)cc1OC. The van der Waals surface area contributed by atoms with Crippen LogP contribution >= 0.6 is 0 Å². The molecule has 0 radical (unpaired) electrons. The molecule has 2 amide bonds. The molecule has 0 saturated heterocycles. The first-order valence-corrected chi connectivity index (χ1v) is 17.0. The van der Waals surface area contributed by atoms with Crippen molar-refractivity contribution in [3.8, 4) is 11.5 Å². The zero-order valence-corrected chi connectivity index (χ0v) is 28.9. The van der Waals surface area contributed by atoms with Crippen LogP contribution in [0.5, 0.6) is 11.5 Å². The standard InChI is InChI=1S/C37H42FN3O6S/c1-25(2)39-37(43)33(21-28-10-8-7-9-11-28)40(23-29-12-14-30(38)15-13-29)36(42)24-41(31-19-26(3)18-27(4)20-31)48(44,45)32-16-17-34(46-5)35(22-32)47-6/h7-20,22,25,33H,21,23-24H2,1-6H3,(H,39,43). The molecule has 0 bridgehead atoms. The molecule has 1 unspecified atom stereocenters. The molecule has 0 spiro atoms. The van der Waals surface area contributed by atoms with Gasteiger partial charge in [-0.1, -0.05) is 48.5 Å². The van der Waals surface area contributed by atoms with Crippen molar-refractivity contribution in [2.75, 3.05) is 25.1 Å². The van der Waals surface area contributed by atoms with Gasteiger partial charge in [0, 0.05) is 25.1 Å². The molecule has 4 aromatic carbocycles. The van der Waals surface area contributed by atoms with E-state index in [1.807, 2.05) is 64.1 Å². The Labute approximate surface area is 282 Å². The fourth-order valence-corrected chi connectivity index (χ4v) is 6.86. The molecule has 0 fully saturated rings. The minimum Gasteiger partial charge on any atom is -0.493 e. The van der Waals surface area contributed by atoms with Crippen LogP contribution in [-0.2, 0) is 32.6 Å². The molecule has 4 aromatic rings. The number of hydrogen-bond donors (Lipinski definition) is 1. The van der Waals surface area contributed by atoms with E-state index in [2.05, 4.69) is 5.32 Å². The van der Waals surface area contributed by atoms with Crippen LogP contribution in [0.3, 0.4) is 0 Å². The van der Waals surface area contributed by atoms with E-state index in [1.165, 1.54) is 61.6 Å². The van der Waals surface area contributed by atoms with Crippen molar-refractivity contribution in [3.05, 3.63) is 119 Å². The predicted molar refractivity (Wildman–Crippen MR) is 184 cm³/mol. The van der Waals surface area contributed by atoms with Crippen molar-refractivity contribution in [2.45, 2.75) is 57.6 Å². The smallest absolute Gasteiger partial charge is 0.264 e. The van der Waals surface area contributed by atoms with Gasteiger partial charge in [-0.05, 0) is 86.3 Å². The second-order valence-corrected chi connectivity index (χ2v) is 13.8. The Morgan fingerprint density at radius 1 is 0.812 bits per heavy atom. The minimum absolute atomic E-state index is 0.0702. The number of carbonyl (C=O) groups excluding carboxylic acids is 2. The van der Waals surface area contributed by atoms with E-state index >= 15 is 0 Å². The number of benzene rings is 4. The van der Waals surface area contributed by atoms with Gasteiger partial charge in [-0.25, -0.2) is 12.8 Å². The van der Waals surface area contributed by atoms with Gasteiger partial charge in [0.05, 0.1) is 24.8 Å². The lowest BCUT2D eigenvalue weighted by atomic mass is 10.0. The van der Waals surface area contributed by atoms with Gasteiger partial charge in [0.2, 0.25) is 11.8 Å². The predicted octanol–water partition coefficient (Wildman–Crippen LogP) is 5.82. The molecular formula is C37H42FN3O6S. The van der Waals surface area contributed by atoms with Crippen molar-refractivity contribution >= 4 is 27.5 Å². The molecule has 0 aromatic heterocycles. The molecule has 9 nitrogen and oxygen atoms in total. The third kappa shape index (κ3) is 8.92. The summed E-state index contributed by atoms with van der Waals surface area (Å²) in [6, 6.07) is 23.2. The maximum atomic E-state index is 14.6. The Balaban J connectivity index is 1.85. The van der Waals surface area contributed by atoms with Crippen molar-refractivity contribution in [1.82, 2.24) is 10.2 Å². The first kappa shape index (κ1) is 35.9. The van der Waals surface area contributed by atoms with Gasteiger partial charge >= 0.3 is 0 Å². The fourth-order valence-electron chi connectivity index (χ4n) is 5.45. The van der Waals surface area contributed by atoms with Gasteiger partial charge in [0.25, 0.3) is 10.0 Å². The summed E-state index contributed by atoms with van der Waals surface area (Å²) in [5.74, 6) is -0.920. The van der Waals surface area contributed by atoms with E-state index in [4.69, 9.17) is 9.47 Å². The van der Waals surface area contributed by atoms with Crippen LogP contribution < -0.4 is 19.1 Å². The third-order valence-electron chi connectivity index (χ3n) is 7.68. The monoisotopic (exact) mass is 675 g/mol. The van der Waals surface area contributed by atoms with E-state index in [0.717, 1.165) is 21.0 Å². The largest absolute Gasteiger partial charge is 0.493 e. The molecule has 0 saturated carbocycles. The summed E-state index contributed by atoms with van der Waals surface area (Å²) in [6.45, 7) is 6.63.